The highest BCUT2D eigenvalue weighted by Crippen LogP contribution is 2.37. The Hall–Kier alpha value is -3.93. The van der Waals surface area contributed by atoms with E-state index in [1.54, 1.807) is 38.5 Å². The molecule has 0 unspecified atom stereocenters. The number of ether oxygens (including phenoxy) is 3. The zero-order valence-corrected chi connectivity index (χ0v) is 17.7. The number of allylic oxidation sites excluding steroid dienone is 1. The fourth-order valence-corrected chi connectivity index (χ4v) is 3.69. The van der Waals surface area contributed by atoms with Gasteiger partial charge in [-0.1, -0.05) is 24.3 Å². The molecule has 1 N–H and O–H groups in total. The van der Waals surface area contributed by atoms with E-state index in [-0.39, 0.29) is 5.91 Å². The Morgan fingerprint density at radius 3 is 2.45 bits per heavy atom. The summed E-state index contributed by atoms with van der Waals surface area (Å²) in [6.45, 7) is 3.77. The van der Waals surface area contributed by atoms with Crippen molar-refractivity contribution in [3.63, 3.8) is 0 Å². The fraction of sp³-hybridized carbons (Fsp3) is 0.160. The summed E-state index contributed by atoms with van der Waals surface area (Å²) in [5.41, 5.74) is 3.19. The lowest BCUT2D eigenvalue weighted by atomic mass is 10.0. The maximum absolute atomic E-state index is 13.1. The Bertz CT molecular complexity index is 1290. The van der Waals surface area contributed by atoms with Crippen molar-refractivity contribution >= 4 is 33.5 Å². The van der Waals surface area contributed by atoms with Crippen molar-refractivity contribution in [1.82, 2.24) is 0 Å². The third-order valence-electron chi connectivity index (χ3n) is 5.13. The van der Waals surface area contributed by atoms with E-state index in [2.05, 4.69) is 11.9 Å². The molecule has 0 aliphatic rings. The maximum atomic E-state index is 13.1. The molecule has 6 heteroatoms. The van der Waals surface area contributed by atoms with Gasteiger partial charge in [-0.2, -0.15) is 0 Å². The molecule has 1 heterocycles. The number of nitrogens with one attached hydrogen (secondary N) is 1. The highest BCUT2D eigenvalue weighted by molar-refractivity contribution is 6.10. The summed E-state index contributed by atoms with van der Waals surface area (Å²) in [4.78, 5) is 13.1. The number of rotatable bonds is 7. The van der Waals surface area contributed by atoms with E-state index >= 15 is 0 Å². The van der Waals surface area contributed by atoms with Gasteiger partial charge in [0.05, 0.1) is 27.0 Å². The van der Waals surface area contributed by atoms with E-state index in [9.17, 15) is 4.79 Å². The summed E-state index contributed by atoms with van der Waals surface area (Å²) >= 11 is 0. The van der Waals surface area contributed by atoms with Crippen LogP contribution in [0.1, 0.15) is 15.9 Å². The van der Waals surface area contributed by atoms with Crippen LogP contribution in [0.2, 0.25) is 0 Å². The number of furan rings is 1. The van der Waals surface area contributed by atoms with Crippen molar-refractivity contribution < 1.29 is 23.4 Å². The van der Waals surface area contributed by atoms with Gasteiger partial charge in [-0.05, 0) is 30.7 Å². The molecule has 1 amide bonds. The Morgan fingerprint density at radius 2 is 1.74 bits per heavy atom. The number of fused-ring (bicyclic) bond motifs is 3. The lowest BCUT2D eigenvalue weighted by Gasteiger charge is -2.15. The van der Waals surface area contributed by atoms with E-state index in [1.165, 1.54) is 7.11 Å². The van der Waals surface area contributed by atoms with Gasteiger partial charge < -0.3 is 23.9 Å². The molecule has 0 fully saturated rings. The number of carbonyl (C=O) groups excluding carboxylic acids is 1. The average molecular weight is 417 g/mol. The lowest BCUT2D eigenvalue weighted by molar-refractivity contribution is 0.102. The molecule has 6 nitrogen and oxygen atoms in total. The fourth-order valence-electron chi connectivity index (χ4n) is 3.69. The van der Waals surface area contributed by atoms with Crippen LogP contribution >= 0.6 is 0 Å². The minimum Gasteiger partial charge on any atom is -0.495 e. The lowest BCUT2D eigenvalue weighted by Crippen LogP contribution is -2.13. The van der Waals surface area contributed by atoms with Gasteiger partial charge in [0.2, 0.25) is 0 Å². The van der Waals surface area contributed by atoms with Gasteiger partial charge in [0, 0.05) is 28.0 Å². The molecule has 0 radical (unpaired) electrons. The van der Waals surface area contributed by atoms with Crippen LogP contribution in [0, 0.1) is 0 Å². The number of carbonyl (C=O) groups is 1. The molecule has 1 aromatic heterocycles. The molecule has 0 saturated heterocycles. The van der Waals surface area contributed by atoms with Crippen LogP contribution in [0.3, 0.4) is 0 Å². The summed E-state index contributed by atoms with van der Waals surface area (Å²) in [7, 11) is 4.67. The average Bonchev–Trinajstić information content (AvgIpc) is 3.15. The number of anilines is 1. The van der Waals surface area contributed by atoms with Crippen molar-refractivity contribution in [2.45, 2.75) is 6.42 Å². The first-order valence-corrected chi connectivity index (χ1v) is 9.76. The first kappa shape index (κ1) is 20.3. The monoisotopic (exact) mass is 417 g/mol. The Labute approximate surface area is 180 Å². The van der Waals surface area contributed by atoms with Crippen molar-refractivity contribution in [3.8, 4) is 17.2 Å². The Balaban J connectivity index is 1.75. The van der Waals surface area contributed by atoms with Crippen molar-refractivity contribution in [1.29, 1.82) is 0 Å². The molecule has 4 rings (SSSR count). The first-order chi connectivity index (χ1) is 15.1. The minimum atomic E-state index is -0.306. The Morgan fingerprint density at radius 1 is 0.968 bits per heavy atom. The summed E-state index contributed by atoms with van der Waals surface area (Å²) in [6, 6.07) is 14.8. The molecule has 0 bridgehead atoms. The zero-order chi connectivity index (χ0) is 22.0. The van der Waals surface area contributed by atoms with Crippen LogP contribution in [0.5, 0.6) is 17.2 Å². The predicted molar refractivity (Wildman–Crippen MR) is 122 cm³/mol. The van der Waals surface area contributed by atoms with Gasteiger partial charge in [-0.25, -0.2) is 0 Å². The van der Waals surface area contributed by atoms with Crippen LogP contribution in [0.25, 0.3) is 21.9 Å². The third kappa shape index (κ3) is 3.68. The molecule has 0 aliphatic heterocycles. The summed E-state index contributed by atoms with van der Waals surface area (Å²) in [6.07, 6.45) is 2.28. The smallest absolute Gasteiger partial charge is 0.255 e. The number of para-hydroxylation sites is 1. The van der Waals surface area contributed by atoms with Gasteiger partial charge in [0.15, 0.2) is 11.5 Å². The molecule has 0 atom stereocenters. The van der Waals surface area contributed by atoms with Gasteiger partial charge in [0.1, 0.15) is 16.9 Å². The van der Waals surface area contributed by atoms with Gasteiger partial charge in [-0.15, -0.1) is 6.58 Å². The van der Waals surface area contributed by atoms with E-state index in [0.29, 0.717) is 40.5 Å². The second-order valence-corrected chi connectivity index (χ2v) is 6.96. The molecule has 158 valence electrons. The quantitative estimate of drug-likeness (QED) is 0.397. The molecule has 3 aromatic carbocycles. The summed E-state index contributed by atoms with van der Waals surface area (Å²) < 4.78 is 22.4. The number of amides is 1. The van der Waals surface area contributed by atoms with E-state index in [4.69, 9.17) is 18.6 Å². The van der Waals surface area contributed by atoms with Gasteiger partial charge in [-0.3, -0.25) is 4.79 Å². The van der Waals surface area contributed by atoms with Crippen LogP contribution in [0.4, 0.5) is 5.69 Å². The topological polar surface area (TPSA) is 69.9 Å². The second kappa shape index (κ2) is 8.44. The SMILES string of the molecule is C=CCc1cc(C(=O)Nc2cc3oc4ccccc4c3cc2OC)cc(OC)c1OC. The van der Waals surface area contributed by atoms with Crippen molar-refractivity contribution in [2.24, 2.45) is 0 Å². The Kier molecular flexibility index (Phi) is 5.54. The summed E-state index contributed by atoms with van der Waals surface area (Å²) in [5.74, 6) is 1.30. The standard InChI is InChI=1S/C25H23NO5/c1-5-8-15-11-16(12-23(29-3)24(15)30-4)25(27)26-19-14-21-18(13-22(19)28-2)17-9-6-7-10-20(17)31-21/h5-7,9-14H,1,8H2,2-4H3,(H,26,27). The predicted octanol–water partition coefficient (Wildman–Crippen LogP) is 5.59. The highest BCUT2D eigenvalue weighted by Gasteiger charge is 2.18. The minimum absolute atomic E-state index is 0.306. The molecular weight excluding hydrogens is 394 g/mol. The highest BCUT2D eigenvalue weighted by atomic mass is 16.5. The first-order valence-electron chi connectivity index (χ1n) is 9.76. The van der Waals surface area contributed by atoms with Crippen molar-refractivity contribution in [2.75, 3.05) is 26.6 Å². The summed E-state index contributed by atoms with van der Waals surface area (Å²) in [5, 5.41) is 4.84. The van der Waals surface area contributed by atoms with Crippen LogP contribution in [-0.4, -0.2) is 27.2 Å². The van der Waals surface area contributed by atoms with Crippen molar-refractivity contribution in [3.05, 3.63) is 72.3 Å². The third-order valence-corrected chi connectivity index (χ3v) is 5.13. The molecule has 0 aliphatic carbocycles. The van der Waals surface area contributed by atoms with Crippen LogP contribution < -0.4 is 19.5 Å². The molecule has 31 heavy (non-hydrogen) atoms. The molecular formula is C25H23NO5. The molecule has 4 aromatic rings. The number of hydrogen-bond acceptors (Lipinski definition) is 5. The van der Waals surface area contributed by atoms with Crippen LogP contribution in [0.15, 0.2) is 65.6 Å². The van der Waals surface area contributed by atoms with E-state index < -0.39 is 0 Å². The van der Waals surface area contributed by atoms with E-state index in [1.807, 2.05) is 30.3 Å². The number of methoxy groups -OCH3 is 3. The number of benzene rings is 3. The zero-order valence-electron chi connectivity index (χ0n) is 17.7. The maximum Gasteiger partial charge on any atom is 0.255 e. The molecule has 0 saturated carbocycles. The van der Waals surface area contributed by atoms with E-state index in [0.717, 1.165) is 21.9 Å². The van der Waals surface area contributed by atoms with Gasteiger partial charge in [0.25, 0.3) is 5.91 Å². The molecule has 0 spiro atoms. The largest absolute Gasteiger partial charge is 0.495 e. The second-order valence-electron chi connectivity index (χ2n) is 6.96. The van der Waals surface area contributed by atoms with Crippen LogP contribution in [-0.2, 0) is 6.42 Å². The number of hydrogen-bond donors (Lipinski definition) is 1. The van der Waals surface area contributed by atoms with Gasteiger partial charge >= 0.3 is 0 Å². The normalized spacial score (nSPS) is 10.8.